The van der Waals surface area contributed by atoms with Crippen molar-refractivity contribution in [3.8, 4) is 5.75 Å². The lowest BCUT2D eigenvalue weighted by Gasteiger charge is -2.00. The molecule has 3 aromatic carbocycles. The maximum absolute atomic E-state index is 12.0. The third-order valence-corrected chi connectivity index (χ3v) is 3.68. The molecule has 0 saturated carbocycles. The van der Waals surface area contributed by atoms with E-state index in [1.807, 2.05) is 48.5 Å². The molecule has 0 atom stereocenters. The summed E-state index contributed by atoms with van der Waals surface area (Å²) in [6.45, 7) is 0. The van der Waals surface area contributed by atoms with Gasteiger partial charge < -0.3 is 4.74 Å². The van der Waals surface area contributed by atoms with Gasteiger partial charge >= 0.3 is 5.97 Å². The highest BCUT2D eigenvalue weighted by molar-refractivity contribution is 6.26. The van der Waals surface area contributed by atoms with Crippen molar-refractivity contribution in [3.63, 3.8) is 0 Å². The number of rotatable bonds is 1. The van der Waals surface area contributed by atoms with Crippen LogP contribution in [0.1, 0.15) is 11.1 Å². The van der Waals surface area contributed by atoms with Crippen molar-refractivity contribution in [1.29, 1.82) is 0 Å². The minimum atomic E-state index is -0.288. The summed E-state index contributed by atoms with van der Waals surface area (Å²) >= 11 is 0. The van der Waals surface area contributed by atoms with Crippen molar-refractivity contribution in [2.45, 2.75) is 0 Å². The van der Waals surface area contributed by atoms with E-state index in [1.54, 1.807) is 0 Å². The van der Waals surface area contributed by atoms with Gasteiger partial charge in [0.1, 0.15) is 5.75 Å². The molecule has 1 aliphatic rings. The zero-order chi connectivity index (χ0) is 14.2. The molecule has 0 spiro atoms. The first-order valence-electron chi connectivity index (χ1n) is 6.83. The lowest BCUT2D eigenvalue weighted by molar-refractivity contribution is -0.126. The van der Waals surface area contributed by atoms with E-state index < -0.39 is 0 Å². The summed E-state index contributed by atoms with van der Waals surface area (Å²) in [5, 5.41) is 2.35. The predicted molar refractivity (Wildman–Crippen MR) is 83.9 cm³/mol. The van der Waals surface area contributed by atoms with Gasteiger partial charge in [0.25, 0.3) is 0 Å². The number of hydrogen-bond acceptors (Lipinski definition) is 2. The Kier molecular flexibility index (Phi) is 2.61. The van der Waals surface area contributed by atoms with Crippen molar-refractivity contribution in [1.82, 2.24) is 0 Å². The molecule has 2 heteroatoms. The van der Waals surface area contributed by atoms with E-state index in [9.17, 15) is 4.79 Å². The molecule has 0 saturated heterocycles. The second-order valence-corrected chi connectivity index (χ2v) is 5.05. The molecule has 0 unspecified atom stereocenters. The summed E-state index contributed by atoms with van der Waals surface area (Å²) in [5.41, 5.74) is 2.47. The highest BCUT2D eigenvalue weighted by Crippen LogP contribution is 2.35. The van der Waals surface area contributed by atoms with E-state index in [2.05, 4.69) is 24.3 Å². The Balaban J connectivity index is 1.84. The summed E-state index contributed by atoms with van der Waals surface area (Å²) in [5.74, 6) is 0.346. The Bertz CT molecular complexity index is 891. The van der Waals surface area contributed by atoms with E-state index in [4.69, 9.17) is 4.74 Å². The van der Waals surface area contributed by atoms with Crippen molar-refractivity contribution in [3.05, 3.63) is 77.9 Å². The Labute approximate surface area is 122 Å². The Morgan fingerprint density at radius 2 is 1.57 bits per heavy atom. The monoisotopic (exact) mass is 272 g/mol. The van der Waals surface area contributed by atoms with Gasteiger partial charge in [-0.1, -0.05) is 54.6 Å². The molecule has 0 amide bonds. The Morgan fingerprint density at radius 1 is 0.810 bits per heavy atom. The molecule has 0 aliphatic carbocycles. The van der Waals surface area contributed by atoms with Gasteiger partial charge in [-0.2, -0.15) is 0 Å². The molecule has 1 aliphatic heterocycles. The molecule has 21 heavy (non-hydrogen) atoms. The minimum Gasteiger partial charge on any atom is -0.422 e. The topological polar surface area (TPSA) is 26.3 Å². The molecule has 3 aromatic rings. The average Bonchev–Trinajstić information content (AvgIpc) is 2.83. The maximum atomic E-state index is 12.0. The largest absolute Gasteiger partial charge is 0.422 e. The Hall–Kier alpha value is -2.87. The van der Waals surface area contributed by atoms with Crippen molar-refractivity contribution in [2.75, 3.05) is 0 Å². The number of ether oxygens (including phenoxy) is 1. The molecule has 4 rings (SSSR count). The molecule has 1 heterocycles. The maximum Gasteiger partial charge on any atom is 0.344 e. The zero-order valence-electron chi connectivity index (χ0n) is 11.2. The first-order chi connectivity index (χ1) is 10.3. The van der Waals surface area contributed by atoms with Crippen LogP contribution in [0, 0.1) is 0 Å². The van der Waals surface area contributed by atoms with Crippen molar-refractivity contribution in [2.24, 2.45) is 0 Å². The van der Waals surface area contributed by atoms with Crippen LogP contribution in [0.2, 0.25) is 0 Å². The van der Waals surface area contributed by atoms with Gasteiger partial charge in [-0.3, -0.25) is 0 Å². The fourth-order valence-corrected chi connectivity index (χ4v) is 2.64. The summed E-state index contributed by atoms with van der Waals surface area (Å²) < 4.78 is 5.27. The molecule has 0 radical (unpaired) electrons. The SMILES string of the molecule is O=C1Oc2ccccc2/C1=C/c1ccc2ccccc2c1. The standard InChI is InChI=1S/C19H12O2/c20-19-17(16-7-3-4-8-18(16)21-19)12-13-9-10-14-5-1-2-6-15(14)11-13/h1-12H/b17-12-. The number of para-hydroxylation sites is 1. The summed E-state index contributed by atoms with van der Waals surface area (Å²) in [7, 11) is 0. The second kappa shape index (κ2) is 4.60. The highest BCUT2D eigenvalue weighted by Gasteiger charge is 2.25. The molecular weight excluding hydrogens is 260 g/mol. The fourth-order valence-electron chi connectivity index (χ4n) is 2.64. The molecule has 0 N–H and O–H groups in total. The smallest absolute Gasteiger partial charge is 0.344 e. The van der Waals surface area contributed by atoms with Gasteiger partial charge in [-0.25, -0.2) is 4.79 Å². The van der Waals surface area contributed by atoms with E-state index in [0.29, 0.717) is 11.3 Å². The second-order valence-electron chi connectivity index (χ2n) is 5.05. The Morgan fingerprint density at radius 3 is 2.48 bits per heavy atom. The predicted octanol–water partition coefficient (Wildman–Crippen LogP) is 4.30. The van der Waals surface area contributed by atoms with E-state index in [-0.39, 0.29) is 5.97 Å². The molecule has 2 nitrogen and oxygen atoms in total. The number of hydrogen-bond donors (Lipinski definition) is 0. The van der Waals surface area contributed by atoms with Crippen LogP contribution < -0.4 is 4.74 Å². The number of esters is 1. The van der Waals surface area contributed by atoms with Gasteiger partial charge in [0.2, 0.25) is 0 Å². The molecule has 0 aromatic heterocycles. The minimum absolute atomic E-state index is 0.288. The van der Waals surface area contributed by atoms with Gasteiger partial charge in [0.15, 0.2) is 0 Å². The zero-order valence-corrected chi connectivity index (χ0v) is 11.2. The highest BCUT2D eigenvalue weighted by atomic mass is 16.5. The molecule has 0 fully saturated rings. The van der Waals surface area contributed by atoms with Crippen LogP contribution in [0.15, 0.2) is 66.7 Å². The fraction of sp³-hybridized carbons (Fsp3) is 0. The van der Waals surface area contributed by atoms with Gasteiger partial charge in [-0.05, 0) is 34.5 Å². The third kappa shape index (κ3) is 2.01. The molecular formula is C19H12O2. The average molecular weight is 272 g/mol. The van der Waals surface area contributed by atoms with Crippen LogP contribution in [0.25, 0.3) is 22.4 Å². The summed E-state index contributed by atoms with van der Waals surface area (Å²) in [6, 6.07) is 21.8. The van der Waals surface area contributed by atoms with Crippen LogP contribution in [-0.4, -0.2) is 5.97 Å². The molecule has 100 valence electrons. The van der Waals surface area contributed by atoms with Crippen molar-refractivity contribution >= 4 is 28.4 Å². The number of carbonyl (C=O) groups excluding carboxylic acids is 1. The summed E-state index contributed by atoms with van der Waals surface area (Å²) in [4.78, 5) is 12.0. The third-order valence-electron chi connectivity index (χ3n) is 3.68. The van der Waals surface area contributed by atoms with Crippen LogP contribution in [-0.2, 0) is 4.79 Å². The lowest BCUT2D eigenvalue weighted by Crippen LogP contribution is -2.00. The number of carbonyl (C=O) groups is 1. The van der Waals surface area contributed by atoms with Crippen LogP contribution in [0.3, 0.4) is 0 Å². The van der Waals surface area contributed by atoms with Gasteiger partial charge in [0, 0.05) is 5.56 Å². The van der Waals surface area contributed by atoms with Crippen molar-refractivity contribution < 1.29 is 9.53 Å². The number of fused-ring (bicyclic) bond motifs is 2. The van der Waals surface area contributed by atoms with E-state index in [0.717, 1.165) is 16.5 Å². The molecule has 0 bridgehead atoms. The first-order valence-corrected chi connectivity index (χ1v) is 6.83. The quantitative estimate of drug-likeness (QED) is 0.375. The first kappa shape index (κ1) is 11.9. The summed E-state index contributed by atoms with van der Waals surface area (Å²) in [6.07, 6.45) is 1.89. The van der Waals surface area contributed by atoms with Gasteiger partial charge in [0.05, 0.1) is 5.57 Å². The van der Waals surface area contributed by atoms with E-state index in [1.165, 1.54) is 5.39 Å². The lowest BCUT2D eigenvalue weighted by atomic mass is 10.0. The normalized spacial score (nSPS) is 15.2. The number of benzene rings is 3. The van der Waals surface area contributed by atoms with E-state index >= 15 is 0 Å². The van der Waals surface area contributed by atoms with Gasteiger partial charge in [-0.15, -0.1) is 0 Å². The van der Waals surface area contributed by atoms with Crippen LogP contribution in [0.4, 0.5) is 0 Å². The van der Waals surface area contributed by atoms with Crippen LogP contribution in [0.5, 0.6) is 5.75 Å². The van der Waals surface area contributed by atoms with Crippen LogP contribution >= 0.6 is 0 Å².